The first-order chi connectivity index (χ1) is 7.05. The van der Waals surface area contributed by atoms with E-state index in [0.29, 0.717) is 5.69 Å². The molecule has 1 aliphatic carbocycles. The van der Waals surface area contributed by atoms with Crippen LogP contribution in [0.15, 0.2) is 6.20 Å². The molecule has 0 bridgehead atoms. The molecule has 4 nitrogen and oxygen atoms in total. The molecule has 0 atom stereocenters. The maximum atomic E-state index is 9.75. The summed E-state index contributed by atoms with van der Waals surface area (Å²) in [7, 11) is 0. The Morgan fingerprint density at radius 1 is 1.47 bits per heavy atom. The van der Waals surface area contributed by atoms with Gasteiger partial charge in [-0.05, 0) is 32.6 Å². The smallest absolute Gasteiger partial charge is 0.114 e. The van der Waals surface area contributed by atoms with Crippen LogP contribution in [-0.4, -0.2) is 20.1 Å². The van der Waals surface area contributed by atoms with Gasteiger partial charge in [0.2, 0.25) is 0 Å². The molecule has 0 aliphatic heterocycles. The van der Waals surface area contributed by atoms with Crippen molar-refractivity contribution < 1.29 is 5.11 Å². The molecule has 1 fully saturated rings. The molecular weight excluding hydrogens is 190 g/mol. The van der Waals surface area contributed by atoms with Crippen LogP contribution in [-0.2, 0) is 12.1 Å². The summed E-state index contributed by atoms with van der Waals surface area (Å²) in [6.07, 6.45) is 7.16. The first kappa shape index (κ1) is 10.6. The molecule has 1 N–H and O–H groups in total. The summed E-state index contributed by atoms with van der Waals surface area (Å²) in [6.45, 7) is 4.41. The predicted octanol–water partition coefficient (Wildman–Crippen LogP) is 1.70. The molecule has 1 aliphatic rings. The van der Waals surface area contributed by atoms with Crippen molar-refractivity contribution in [1.82, 2.24) is 15.0 Å². The zero-order valence-electron chi connectivity index (χ0n) is 9.48. The summed E-state index contributed by atoms with van der Waals surface area (Å²) < 4.78 is 1.86. The predicted molar refractivity (Wildman–Crippen MR) is 57.2 cm³/mol. The molecule has 0 saturated heterocycles. The van der Waals surface area contributed by atoms with Gasteiger partial charge in [-0.2, -0.15) is 0 Å². The largest absolute Gasteiger partial charge is 0.384 e. The first-order valence-electron chi connectivity index (χ1n) is 5.69. The fourth-order valence-electron chi connectivity index (χ4n) is 2.13. The molecule has 1 heterocycles. The van der Waals surface area contributed by atoms with Crippen LogP contribution in [0.5, 0.6) is 0 Å². The quantitative estimate of drug-likeness (QED) is 0.824. The molecule has 0 radical (unpaired) electrons. The highest BCUT2D eigenvalue weighted by atomic mass is 16.3. The monoisotopic (exact) mass is 209 g/mol. The van der Waals surface area contributed by atoms with E-state index >= 15 is 0 Å². The van der Waals surface area contributed by atoms with Gasteiger partial charge in [-0.15, -0.1) is 5.10 Å². The highest BCUT2D eigenvalue weighted by Gasteiger charge is 2.21. The van der Waals surface area contributed by atoms with Crippen LogP contribution in [0.2, 0.25) is 0 Å². The number of aromatic nitrogens is 3. The van der Waals surface area contributed by atoms with Crippen LogP contribution in [0.3, 0.4) is 0 Å². The summed E-state index contributed by atoms with van der Waals surface area (Å²) >= 11 is 0. The van der Waals surface area contributed by atoms with Crippen molar-refractivity contribution in [2.45, 2.75) is 51.7 Å². The fourth-order valence-corrected chi connectivity index (χ4v) is 2.13. The summed E-state index contributed by atoms with van der Waals surface area (Å²) in [4.78, 5) is 0. The van der Waals surface area contributed by atoms with Crippen LogP contribution in [0.1, 0.15) is 45.2 Å². The Labute approximate surface area is 90.3 Å². The van der Waals surface area contributed by atoms with Crippen LogP contribution in [0.25, 0.3) is 0 Å². The van der Waals surface area contributed by atoms with Gasteiger partial charge in [-0.1, -0.05) is 18.1 Å². The third-order valence-electron chi connectivity index (χ3n) is 3.09. The summed E-state index contributed by atoms with van der Waals surface area (Å²) in [5, 5.41) is 17.8. The Kier molecular flexibility index (Phi) is 2.78. The molecule has 0 aromatic carbocycles. The van der Waals surface area contributed by atoms with E-state index in [1.54, 1.807) is 13.8 Å². The molecule has 1 aromatic rings. The van der Waals surface area contributed by atoms with E-state index in [9.17, 15) is 5.11 Å². The molecule has 2 rings (SSSR count). The average molecular weight is 209 g/mol. The molecule has 0 amide bonds. The van der Waals surface area contributed by atoms with E-state index in [2.05, 4.69) is 10.3 Å². The molecule has 1 saturated carbocycles. The van der Waals surface area contributed by atoms with Crippen molar-refractivity contribution in [1.29, 1.82) is 0 Å². The second-order valence-corrected chi connectivity index (χ2v) is 5.04. The molecule has 1 aromatic heterocycles. The first-order valence-corrected chi connectivity index (χ1v) is 5.69. The van der Waals surface area contributed by atoms with Crippen LogP contribution < -0.4 is 0 Å². The lowest BCUT2D eigenvalue weighted by molar-refractivity contribution is 0.0737. The Hall–Kier alpha value is -0.900. The third-order valence-corrected chi connectivity index (χ3v) is 3.09. The average Bonchev–Trinajstić information content (AvgIpc) is 2.73. The lowest BCUT2D eigenvalue weighted by Crippen LogP contribution is -2.16. The third kappa shape index (κ3) is 2.56. The van der Waals surface area contributed by atoms with Gasteiger partial charge >= 0.3 is 0 Å². The number of rotatable bonds is 3. The SMILES string of the molecule is CC(C)(O)c1cn(CC2CCCC2)nn1. The normalized spacial score (nSPS) is 18.6. The van der Waals surface area contributed by atoms with Crippen molar-refractivity contribution in [3.05, 3.63) is 11.9 Å². The number of aliphatic hydroxyl groups is 1. The summed E-state index contributed by atoms with van der Waals surface area (Å²) in [5.41, 5.74) is -0.228. The second-order valence-electron chi connectivity index (χ2n) is 5.04. The number of nitrogens with zero attached hydrogens (tertiary/aromatic N) is 3. The van der Waals surface area contributed by atoms with Crippen molar-refractivity contribution in [3.8, 4) is 0 Å². The van der Waals surface area contributed by atoms with Crippen molar-refractivity contribution >= 4 is 0 Å². The minimum absolute atomic E-state index is 0.653. The number of hydrogen-bond donors (Lipinski definition) is 1. The van der Waals surface area contributed by atoms with Gasteiger partial charge in [0, 0.05) is 6.54 Å². The van der Waals surface area contributed by atoms with E-state index in [-0.39, 0.29) is 0 Å². The fraction of sp³-hybridized carbons (Fsp3) is 0.818. The van der Waals surface area contributed by atoms with Crippen LogP contribution in [0, 0.1) is 5.92 Å². The second kappa shape index (κ2) is 3.93. The van der Waals surface area contributed by atoms with Gasteiger partial charge in [0.1, 0.15) is 11.3 Å². The molecule has 4 heteroatoms. The lowest BCUT2D eigenvalue weighted by atomic mass is 10.1. The number of hydrogen-bond acceptors (Lipinski definition) is 3. The maximum Gasteiger partial charge on any atom is 0.114 e. The zero-order chi connectivity index (χ0) is 10.9. The maximum absolute atomic E-state index is 9.75. The Morgan fingerprint density at radius 3 is 2.67 bits per heavy atom. The Balaban J connectivity index is 2.00. The topological polar surface area (TPSA) is 50.9 Å². The van der Waals surface area contributed by atoms with Gasteiger partial charge in [-0.25, -0.2) is 0 Å². The zero-order valence-corrected chi connectivity index (χ0v) is 9.48. The molecule has 15 heavy (non-hydrogen) atoms. The minimum Gasteiger partial charge on any atom is -0.384 e. The standard InChI is InChI=1S/C11H19N3O/c1-11(2,15)10-8-14(13-12-10)7-9-5-3-4-6-9/h8-9,15H,3-7H2,1-2H3. The Bertz CT molecular complexity index is 321. The van der Waals surface area contributed by atoms with Crippen molar-refractivity contribution in [3.63, 3.8) is 0 Å². The van der Waals surface area contributed by atoms with Crippen LogP contribution in [0.4, 0.5) is 0 Å². The van der Waals surface area contributed by atoms with Crippen molar-refractivity contribution in [2.24, 2.45) is 5.92 Å². The highest BCUT2D eigenvalue weighted by molar-refractivity contribution is 5.02. The molecular formula is C11H19N3O. The van der Waals surface area contributed by atoms with Gasteiger partial charge in [-0.3, -0.25) is 4.68 Å². The van der Waals surface area contributed by atoms with E-state index in [0.717, 1.165) is 12.5 Å². The minimum atomic E-state index is -0.881. The Morgan fingerprint density at radius 2 is 2.13 bits per heavy atom. The van der Waals surface area contributed by atoms with E-state index in [4.69, 9.17) is 0 Å². The van der Waals surface area contributed by atoms with E-state index in [1.807, 2.05) is 10.9 Å². The van der Waals surface area contributed by atoms with Gasteiger partial charge in [0.05, 0.1) is 6.20 Å². The molecule has 0 unspecified atom stereocenters. The molecule has 0 spiro atoms. The summed E-state index contributed by atoms with van der Waals surface area (Å²) in [5.74, 6) is 0.751. The van der Waals surface area contributed by atoms with Crippen LogP contribution >= 0.6 is 0 Å². The highest BCUT2D eigenvalue weighted by Crippen LogP contribution is 2.26. The van der Waals surface area contributed by atoms with Gasteiger partial charge < -0.3 is 5.11 Å². The van der Waals surface area contributed by atoms with Crippen molar-refractivity contribution in [2.75, 3.05) is 0 Å². The van der Waals surface area contributed by atoms with E-state index < -0.39 is 5.60 Å². The van der Waals surface area contributed by atoms with Gasteiger partial charge in [0.25, 0.3) is 0 Å². The molecule has 84 valence electrons. The summed E-state index contributed by atoms with van der Waals surface area (Å²) in [6, 6.07) is 0. The van der Waals surface area contributed by atoms with E-state index in [1.165, 1.54) is 25.7 Å². The lowest BCUT2D eigenvalue weighted by Gasteiger charge is -2.12. The van der Waals surface area contributed by atoms with Gasteiger partial charge in [0.15, 0.2) is 0 Å².